The van der Waals surface area contributed by atoms with Crippen molar-refractivity contribution in [3.8, 4) is 0 Å². The molecule has 3 heteroatoms. The minimum atomic E-state index is 0.107. The van der Waals surface area contributed by atoms with Crippen molar-refractivity contribution in [2.24, 2.45) is 0 Å². The Morgan fingerprint density at radius 3 is 2.67 bits per heavy atom. The summed E-state index contributed by atoms with van der Waals surface area (Å²) in [6, 6.07) is 8.09. The fraction of sp³-hybridized carbons (Fsp3) is 0.400. The standard InChI is InChI=1S/C15H19NO2/c1-12(2)15(17)11-13-5-3-4-6-14(13)16-7-9-18-10-8-16/h3-6H,1,7-11H2,2H3. The Hall–Kier alpha value is -1.61. The highest BCUT2D eigenvalue weighted by atomic mass is 16.5. The van der Waals surface area contributed by atoms with E-state index in [4.69, 9.17) is 4.74 Å². The van der Waals surface area contributed by atoms with Gasteiger partial charge in [0.1, 0.15) is 0 Å². The van der Waals surface area contributed by atoms with Crippen LogP contribution in [0.5, 0.6) is 0 Å². The largest absolute Gasteiger partial charge is 0.378 e. The Morgan fingerprint density at radius 1 is 1.33 bits per heavy atom. The summed E-state index contributed by atoms with van der Waals surface area (Å²) >= 11 is 0. The van der Waals surface area contributed by atoms with Gasteiger partial charge in [-0.3, -0.25) is 4.79 Å². The molecule has 1 aromatic rings. The van der Waals surface area contributed by atoms with Gasteiger partial charge >= 0.3 is 0 Å². The lowest BCUT2D eigenvalue weighted by atomic mass is 10.0. The van der Waals surface area contributed by atoms with Crippen molar-refractivity contribution >= 4 is 11.5 Å². The molecule has 3 nitrogen and oxygen atoms in total. The molecule has 0 unspecified atom stereocenters. The fourth-order valence-corrected chi connectivity index (χ4v) is 2.10. The Balaban J connectivity index is 2.19. The maximum Gasteiger partial charge on any atom is 0.162 e. The van der Waals surface area contributed by atoms with Gasteiger partial charge in [0.25, 0.3) is 0 Å². The first-order valence-electron chi connectivity index (χ1n) is 6.28. The average molecular weight is 245 g/mol. The van der Waals surface area contributed by atoms with E-state index in [1.807, 2.05) is 18.2 Å². The normalized spacial score (nSPS) is 15.5. The van der Waals surface area contributed by atoms with Crippen LogP contribution in [0.15, 0.2) is 36.4 Å². The van der Waals surface area contributed by atoms with Crippen LogP contribution in [-0.2, 0) is 16.0 Å². The van der Waals surface area contributed by atoms with Gasteiger partial charge in [0.15, 0.2) is 5.78 Å². The number of morpholine rings is 1. The van der Waals surface area contributed by atoms with Crippen molar-refractivity contribution in [1.82, 2.24) is 0 Å². The summed E-state index contributed by atoms with van der Waals surface area (Å²) in [5, 5.41) is 0. The molecule has 0 spiro atoms. The van der Waals surface area contributed by atoms with Crippen LogP contribution >= 0.6 is 0 Å². The van der Waals surface area contributed by atoms with E-state index in [9.17, 15) is 4.79 Å². The molecule has 0 bridgehead atoms. The monoisotopic (exact) mass is 245 g/mol. The van der Waals surface area contributed by atoms with Gasteiger partial charge in [-0.05, 0) is 24.1 Å². The smallest absolute Gasteiger partial charge is 0.162 e. The number of rotatable bonds is 4. The quantitative estimate of drug-likeness (QED) is 0.762. The van der Waals surface area contributed by atoms with Crippen LogP contribution in [0, 0.1) is 0 Å². The Labute approximate surface area is 108 Å². The van der Waals surface area contributed by atoms with Crippen LogP contribution in [0.4, 0.5) is 5.69 Å². The molecule has 0 radical (unpaired) electrons. The summed E-state index contributed by atoms with van der Waals surface area (Å²) in [5.74, 6) is 0.107. The Bertz CT molecular complexity index is 448. The number of hydrogen-bond donors (Lipinski definition) is 0. The maximum absolute atomic E-state index is 11.8. The number of ketones is 1. The van der Waals surface area contributed by atoms with E-state index in [0.29, 0.717) is 12.0 Å². The molecule has 0 N–H and O–H groups in total. The number of hydrogen-bond acceptors (Lipinski definition) is 3. The van der Waals surface area contributed by atoms with Crippen molar-refractivity contribution in [3.63, 3.8) is 0 Å². The van der Waals surface area contributed by atoms with Gasteiger partial charge in [-0.25, -0.2) is 0 Å². The zero-order valence-electron chi connectivity index (χ0n) is 10.8. The molecule has 0 amide bonds. The molecule has 1 aliphatic rings. The fourth-order valence-electron chi connectivity index (χ4n) is 2.10. The third-order valence-electron chi connectivity index (χ3n) is 3.17. The predicted molar refractivity (Wildman–Crippen MR) is 73.0 cm³/mol. The topological polar surface area (TPSA) is 29.5 Å². The van der Waals surface area contributed by atoms with Gasteiger partial charge in [0, 0.05) is 25.2 Å². The van der Waals surface area contributed by atoms with E-state index in [0.717, 1.165) is 37.6 Å². The van der Waals surface area contributed by atoms with E-state index < -0.39 is 0 Å². The molecule has 1 aliphatic heterocycles. The number of benzene rings is 1. The number of Topliss-reactive ketones (excluding diaryl/α,β-unsaturated/α-hetero) is 1. The van der Waals surface area contributed by atoms with Gasteiger partial charge in [-0.15, -0.1) is 0 Å². The van der Waals surface area contributed by atoms with E-state index in [1.54, 1.807) is 6.92 Å². The number of nitrogens with zero attached hydrogens (tertiary/aromatic N) is 1. The second-order valence-electron chi connectivity index (χ2n) is 4.61. The van der Waals surface area contributed by atoms with Crippen LogP contribution in [0.2, 0.25) is 0 Å². The highest BCUT2D eigenvalue weighted by Gasteiger charge is 2.15. The number of carbonyl (C=O) groups is 1. The van der Waals surface area contributed by atoms with E-state index in [1.165, 1.54) is 0 Å². The lowest BCUT2D eigenvalue weighted by Crippen LogP contribution is -2.36. The van der Waals surface area contributed by atoms with Gasteiger partial charge in [-0.2, -0.15) is 0 Å². The van der Waals surface area contributed by atoms with Crippen LogP contribution < -0.4 is 4.90 Å². The zero-order chi connectivity index (χ0) is 13.0. The van der Waals surface area contributed by atoms with Crippen molar-refractivity contribution < 1.29 is 9.53 Å². The first-order chi connectivity index (χ1) is 8.68. The molecule has 0 aromatic heterocycles. The van der Waals surface area contributed by atoms with Gasteiger partial charge in [-0.1, -0.05) is 24.8 Å². The molecule has 0 atom stereocenters. The van der Waals surface area contributed by atoms with E-state index in [-0.39, 0.29) is 5.78 Å². The molecule has 1 saturated heterocycles. The highest BCUT2D eigenvalue weighted by Crippen LogP contribution is 2.22. The maximum atomic E-state index is 11.8. The first kappa shape index (κ1) is 12.8. The second-order valence-corrected chi connectivity index (χ2v) is 4.61. The molecule has 96 valence electrons. The molecule has 1 heterocycles. The predicted octanol–water partition coefficient (Wildman–Crippen LogP) is 2.21. The number of para-hydroxylation sites is 1. The molecular formula is C15H19NO2. The number of ether oxygens (including phenoxy) is 1. The lowest BCUT2D eigenvalue weighted by molar-refractivity contribution is -0.114. The summed E-state index contributed by atoms with van der Waals surface area (Å²) in [4.78, 5) is 14.1. The molecule has 0 aliphatic carbocycles. The zero-order valence-corrected chi connectivity index (χ0v) is 10.8. The van der Waals surface area contributed by atoms with Gasteiger partial charge in [0.2, 0.25) is 0 Å². The molecule has 2 rings (SSSR count). The Morgan fingerprint density at radius 2 is 2.00 bits per heavy atom. The van der Waals surface area contributed by atoms with Gasteiger partial charge in [0.05, 0.1) is 13.2 Å². The number of carbonyl (C=O) groups excluding carboxylic acids is 1. The molecule has 1 aromatic carbocycles. The number of anilines is 1. The molecule has 1 fully saturated rings. The van der Waals surface area contributed by atoms with E-state index >= 15 is 0 Å². The van der Waals surface area contributed by atoms with Crippen molar-refractivity contribution in [2.75, 3.05) is 31.2 Å². The van der Waals surface area contributed by atoms with Crippen LogP contribution in [0.3, 0.4) is 0 Å². The number of allylic oxidation sites excluding steroid dienone is 1. The summed E-state index contributed by atoms with van der Waals surface area (Å²) in [5.41, 5.74) is 2.84. The van der Waals surface area contributed by atoms with Crippen molar-refractivity contribution in [3.05, 3.63) is 42.0 Å². The summed E-state index contributed by atoms with van der Waals surface area (Å²) < 4.78 is 5.36. The second kappa shape index (κ2) is 5.83. The molecular weight excluding hydrogens is 226 g/mol. The van der Waals surface area contributed by atoms with Crippen LogP contribution in [0.25, 0.3) is 0 Å². The summed E-state index contributed by atoms with van der Waals surface area (Å²) in [6.45, 7) is 8.75. The third-order valence-corrected chi connectivity index (χ3v) is 3.17. The summed E-state index contributed by atoms with van der Waals surface area (Å²) in [6.07, 6.45) is 0.433. The van der Waals surface area contributed by atoms with Gasteiger partial charge < -0.3 is 9.64 Å². The van der Waals surface area contributed by atoms with Crippen LogP contribution in [-0.4, -0.2) is 32.1 Å². The van der Waals surface area contributed by atoms with Crippen molar-refractivity contribution in [2.45, 2.75) is 13.3 Å². The SMILES string of the molecule is C=C(C)C(=O)Cc1ccccc1N1CCOCC1. The van der Waals surface area contributed by atoms with Crippen molar-refractivity contribution in [1.29, 1.82) is 0 Å². The average Bonchev–Trinajstić information content (AvgIpc) is 2.40. The summed E-state index contributed by atoms with van der Waals surface area (Å²) in [7, 11) is 0. The minimum absolute atomic E-state index is 0.107. The highest BCUT2D eigenvalue weighted by molar-refractivity contribution is 5.96. The van der Waals surface area contributed by atoms with Crippen LogP contribution in [0.1, 0.15) is 12.5 Å². The minimum Gasteiger partial charge on any atom is -0.378 e. The first-order valence-corrected chi connectivity index (χ1v) is 6.28. The lowest BCUT2D eigenvalue weighted by Gasteiger charge is -2.30. The van der Waals surface area contributed by atoms with E-state index in [2.05, 4.69) is 17.5 Å². The molecule has 18 heavy (non-hydrogen) atoms. The Kier molecular flexibility index (Phi) is 4.15. The third kappa shape index (κ3) is 2.99. The molecule has 0 saturated carbocycles.